The number of hydrogen-bond acceptors (Lipinski definition) is 4. The summed E-state index contributed by atoms with van der Waals surface area (Å²) >= 11 is 0. The maximum Gasteiger partial charge on any atom is 0.335 e. The van der Waals surface area contributed by atoms with Gasteiger partial charge in [-0.05, 0) is 110 Å². The van der Waals surface area contributed by atoms with Gasteiger partial charge in [-0.3, -0.25) is 4.79 Å². The first-order chi connectivity index (χ1) is 17.8. The van der Waals surface area contributed by atoms with Crippen molar-refractivity contribution >= 4 is 23.5 Å². The molecular formula is C30H36N2O5. The number of carboxylic acid groups (broad SMARTS) is 1. The molecule has 7 nitrogen and oxygen atoms in total. The van der Waals surface area contributed by atoms with Crippen molar-refractivity contribution in [3.05, 3.63) is 59.2 Å². The Bertz CT molecular complexity index is 1190. The number of aromatic hydroxyl groups is 1. The Morgan fingerprint density at radius 2 is 1.86 bits per heavy atom. The molecule has 0 unspecified atom stereocenters. The van der Waals surface area contributed by atoms with Crippen molar-refractivity contribution in [2.45, 2.75) is 64.2 Å². The van der Waals surface area contributed by atoms with Crippen LogP contribution in [0.4, 0.5) is 10.5 Å². The summed E-state index contributed by atoms with van der Waals surface area (Å²) in [6.07, 6.45) is 7.52. The Morgan fingerprint density at radius 1 is 1.08 bits per heavy atom. The second kappa shape index (κ2) is 10.2. The number of phenolic OH excluding ortho intramolecular Hbond substituents is 1. The number of urea groups is 1. The van der Waals surface area contributed by atoms with Gasteiger partial charge in [-0.2, -0.15) is 0 Å². The standard InChI is InChI=1S/C30H36N2O5/c1-30-14-13-24-23-12-10-22(33)16-19(23)7-11-25(24)27(30)20(17-26(30)34)4-2-3-15-31-29(37)32-21-8-5-18(6-9-21)28(35)36/h5-6,8-10,12,16,20,24-25,27,33H,2-4,7,11,13-15,17H2,1H3,(H,35,36)(H2,31,32,37)/t20-,24+,25+,27-,30+/m0/s1. The van der Waals surface area contributed by atoms with Gasteiger partial charge in [-0.15, -0.1) is 0 Å². The van der Waals surface area contributed by atoms with Crippen LogP contribution in [-0.4, -0.2) is 34.5 Å². The van der Waals surface area contributed by atoms with E-state index in [2.05, 4.69) is 23.6 Å². The molecular weight excluding hydrogens is 468 g/mol. The molecule has 0 saturated heterocycles. The number of phenols is 1. The zero-order valence-electron chi connectivity index (χ0n) is 21.3. The first-order valence-electron chi connectivity index (χ1n) is 13.5. The highest BCUT2D eigenvalue weighted by Gasteiger charge is 2.58. The quantitative estimate of drug-likeness (QED) is 0.359. The molecule has 2 aromatic rings. The van der Waals surface area contributed by atoms with Crippen LogP contribution < -0.4 is 10.6 Å². The van der Waals surface area contributed by atoms with Crippen molar-refractivity contribution in [2.75, 3.05) is 11.9 Å². The Balaban J connectivity index is 1.14. The van der Waals surface area contributed by atoms with E-state index in [1.807, 2.05) is 6.07 Å². The first-order valence-corrected chi connectivity index (χ1v) is 13.5. The average Bonchev–Trinajstić information content (AvgIpc) is 3.13. The van der Waals surface area contributed by atoms with Crippen LogP contribution in [0.2, 0.25) is 0 Å². The van der Waals surface area contributed by atoms with E-state index in [9.17, 15) is 19.5 Å². The fraction of sp³-hybridized carbons (Fsp3) is 0.500. The van der Waals surface area contributed by atoms with E-state index in [0.717, 1.165) is 44.9 Å². The van der Waals surface area contributed by atoms with Crippen LogP contribution in [0.15, 0.2) is 42.5 Å². The van der Waals surface area contributed by atoms with Gasteiger partial charge in [0.05, 0.1) is 5.56 Å². The third-order valence-corrected chi connectivity index (χ3v) is 9.23. The fourth-order valence-electron chi connectivity index (χ4n) is 7.50. The number of aromatic carboxylic acids is 1. The number of carbonyl (C=O) groups excluding carboxylic acids is 2. The number of aryl methyl sites for hydroxylation is 1. The average molecular weight is 505 g/mol. The molecule has 2 saturated carbocycles. The molecule has 7 heteroatoms. The number of amides is 2. The first kappa shape index (κ1) is 25.3. The van der Waals surface area contributed by atoms with E-state index in [4.69, 9.17) is 5.11 Å². The van der Waals surface area contributed by atoms with Gasteiger partial charge in [0.25, 0.3) is 0 Å². The van der Waals surface area contributed by atoms with E-state index in [1.54, 1.807) is 18.2 Å². The lowest BCUT2D eigenvalue weighted by Crippen LogP contribution is -2.44. The lowest BCUT2D eigenvalue weighted by molar-refractivity contribution is -0.129. The summed E-state index contributed by atoms with van der Waals surface area (Å²) in [7, 11) is 0. The van der Waals surface area contributed by atoms with E-state index < -0.39 is 5.97 Å². The smallest absolute Gasteiger partial charge is 0.335 e. The van der Waals surface area contributed by atoms with Crippen LogP contribution in [0.5, 0.6) is 5.75 Å². The van der Waals surface area contributed by atoms with Gasteiger partial charge >= 0.3 is 12.0 Å². The Labute approximate surface area is 217 Å². The lowest BCUT2D eigenvalue weighted by atomic mass is 9.54. The summed E-state index contributed by atoms with van der Waals surface area (Å²) in [6.45, 7) is 2.75. The van der Waals surface area contributed by atoms with Gasteiger partial charge in [-0.25, -0.2) is 9.59 Å². The fourth-order valence-corrected chi connectivity index (χ4v) is 7.50. The molecule has 4 N–H and O–H groups in total. The van der Waals surface area contributed by atoms with Gasteiger partial charge < -0.3 is 20.8 Å². The minimum absolute atomic E-state index is 0.175. The van der Waals surface area contributed by atoms with Crippen molar-refractivity contribution in [1.82, 2.24) is 5.32 Å². The van der Waals surface area contributed by atoms with E-state index >= 15 is 0 Å². The minimum atomic E-state index is -1.00. The molecule has 5 rings (SSSR count). The molecule has 2 aromatic carbocycles. The Morgan fingerprint density at radius 3 is 2.62 bits per heavy atom. The highest BCUT2D eigenvalue weighted by molar-refractivity contribution is 5.91. The van der Waals surface area contributed by atoms with Gasteiger partial charge in [-0.1, -0.05) is 19.4 Å². The molecule has 0 bridgehead atoms. The van der Waals surface area contributed by atoms with Gasteiger partial charge in [0.1, 0.15) is 11.5 Å². The molecule has 0 spiro atoms. The van der Waals surface area contributed by atoms with Crippen LogP contribution in [-0.2, 0) is 11.2 Å². The highest BCUT2D eigenvalue weighted by atomic mass is 16.4. The lowest BCUT2D eigenvalue weighted by Gasteiger charge is -2.50. The minimum Gasteiger partial charge on any atom is -0.508 e. The van der Waals surface area contributed by atoms with Crippen molar-refractivity contribution in [3.63, 3.8) is 0 Å². The van der Waals surface area contributed by atoms with Gasteiger partial charge in [0.2, 0.25) is 0 Å². The number of ketones is 1. The number of Topliss-reactive ketones (excluding diaryl/α,β-unsaturated/α-hetero) is 1. The van der Waals surface area contributed by atoms with Crippen LogP contribution in [0.25, 0.3) is 0 Å². The molecule has 5 atom stereocenters. The summed E-state index contributed by atoms with van der Waals surface area (Å²) in [5, 5.41) is 24.5. The van der Waals surface area contributed by atoms with Crippen LogP contribution in [0.1, 0.15) is 79.3 Å². The molecule has 3 aliphatic carbocycles. The van der Waals surface area contributed by atoms with Crippen molar-refractivity contribution in [3.8, 4) is 5.75 Å². The SMILES string of the molecule is C[C@]12CC[C@@H]3c4ccc(O)cc4CC[C@H]3[C@@H]1[C@@H](CCCCNC(=O)Nc1ccc(C(=O)O)cc1)CC2=O. The molecule has 0 radical (unpaired) electrons. The zero-order valence-corrected chi connectivity index (χ0v) is 21.3. The number of anilines is 1. The van der Waals surface area contributed by atoms with Crippen LogP contribution >= 0.6 is 0 Å². The molecule has 0 aromatic heterocycles. The predicted octanol–water partition coefficient (Wildman–Crippen LogP) is 5.73. The second-order valence-electron chi connectivity index (χ2n) is 11.3. The second-order valence-corrected chi connectivity index (χ2v) is 11.3. The van der Waals surface area contributed by atoms with Gasteiger partial charge in [0, 0.05) is 24.1 Å². The van der Waals surface area contributed by atoms with Crippen molar-refractivity contribution in [2.24, 2.45) is 23.2 Å². The number of carbonyl (C=O) groups is 3. The van der Waals surface area contributed by atoms with Gasteiger partial charge in [0.15, 0.2) is 0 Å². The molecule has 196 valence electrons. The summed E-state index contributed by atoms with van der Waals surface area (Å²) in [4.78, 5) is 36.3. The number of rotatable bonds is 7. The summed E-state index contributed by atoms with van der Waals surface area (Å²) < 4.78 is 0. The number of benzene rings is 2. The zero-order chi connectivity index (χ0) is 26.2. The normalized spacial score (nSPS) is 28.1. The number of hydrogen-bond donors (Lipinski definition) is 4. The van der Waals surface area contributed by atoms with E-state index in [-0.39, 0.29) is 17.0 Å². The third-order valence-electron chi connectivity index (χ3n) is 9.23. The third kappa shape index (κ3) is 4.96. The van der Waals surface area contributed by atoms with E-state index in [0.29, 0.717) is 53.9 Å². The number of unbranched alkanes of at least 4 members (excludes halogenated alkanes) is 1. The van der Waals surface area contributed by atoms with Crippen molar-refractivity contribution < 1.29 is 24.6 Å². The predicted molar refractivity (Wildman–Crippen MR) is 141 cm³/mol. The Kier molecular flexibility index (Phi) is 6.97. The van der Waals surface area contributed by atoms with Crippen molar-refractivity contribution in [1.29, 1.82) is 0 Å². The molecule has 37 heavy (non-hydrogen) atoms. The summed E-state index contributed by atoms with van der Waals surface area (Å²) in [5.41, 5.74) is 3.15. The molecule has 0 heterocycles. The van der Waals surface area contributed by atoms with Crippen LogP contribution in [0, 0.1) is 23.2 Å². The maximum atomic E-state index is 13.2. The largest absolute Gasteiger partial charge is 0.508 e. The topological polar surface area (TPSA) is 116 Å². The highest BCUT2D eigenvalue weighted by Crippen LogP contribution is 2.62. The molecule has 2 amide bonds. The van der Waals surface area contributed by atoms with E-state index in [1.165, 1.54) is 23.3 Å². The van der Waals surface area contributed by atoms with Crippen LogP contribution in [0.3, 0.4) is 0 Å². The molecule has 3 aliphatic rings. The maximum absolute atomic E-state index is 13.2. The Hall–Kier alpha value is -3.35. The molecule has 2 fully saturated rings. The monoisotopic (exact) mass is 504 g/mol. The summed E-state index contributed by atoms with van der Waals surface area (Å²) in [5.74, 6) is 1.57. The number of nitrogens with one attached hydrogen (secondary N) is 2. The number of fused-ring (bicyclic) bond motifs is 5. The molecule has 0 aliphatic heterocycles. The summed E-state index contributed by atoms with van der Waals surface area (Å²) in [6, 6.07) is 11.6. The number of carboxylic acids is 1.